The van der Waals surface area contributed by atoms with E-state index in [1.54, 1.807) is 0 Å². The fraction of sp³-hybridized carbons (Fsp3) is 0.647. The second kappa shape index (κ2) is 6.70. The first-order chi connectivity index (χ1) is 9.88. The number of benzene rings is 1. The highest BCUT2D eigenvalue weighted by atomic mass is 16.5. The maximum Gasteiger partial charge on any atom is 0.0576 e. The maximum atomic E-state index is 5.85. The third kappa shape index (κ3) is 3.05. The summed E-state index contributed by atoms with van der Waals surface area (Å²) >= 11 is 0. The van der Waals surface area contributed by atoms with Crippen molar-refractivity contribution in [3.05, 3.63) is 35.4 Å². The summed E-state index contributed by atoms with van der Waals surface area (Å²) in [5.41, 5.74) is 6.10. The molecule has 0 saturated carbocycles. The van der Waals surface area contributed by atoms with Gasteiger partial charge in [0.15, 0.2) is 0 Å². The zero-order valence-electron chi connectivity index (χ0n) is 12.2. The van der Waals surface area contributed by atoms with Crippen molar-refractivity contribution in [2.75, 3.05) is 6.61 Å². The van der Waals surface area contributed by atoms with Gasteiger partial charge in [-0.2, -0.15) is 0 Å². The number of aryl methyl sites for hydroxylation is 1. The number of hydrazine groups is 1. The lowest BCUT2D eigenvalue weighted by atomic mass is 9.77. The Kier molecular flexibility index (Phi) is 4.71. The van der Waals surface area contributed by atoms with Gasteiger partial charge in [0.25, 0.3) is 0 Å². The summed E-state index contributed by atoms with van der Waals surface area (Å²) < 4.78 is 5.74. The highest BCUT2D eigenvalue weighted by molar-refractivity contribution is 5.33. The number of nitrogens with one attached hydrogen (secondary N) is 1. The molecule has 3 rings (SSSR count). The first-order valence-electron chi connectivity index (χ1n) is 8.04. The van der Waals surface area contributed by atoms with Crippen molar-refractivity contribution in [1.82, 2.24) is 5.43 Å². The first-order valence-corrected chi connectivity index (χ1v) is 8.04. The Balaban J connectivity index is 1.66. The molecule has 1 aromatic carbocycles. The summed E-state index contributed by atoms with van der Waals surface area (Å²) in [7, 11) is 0. The molecule has 1 fully saturated rings. The van der Waals surface area contributed by atoms with Crippen LogP contribution in [0, 0.1) is 0 Å². The molecule has 1 aliphatic heterocycles. The van der Waals surface area contributed by atoms with Crippen LogP contribution >= 0.6 is 0 Å². The zero-order valence-corrected chi connectivity index (χ0v) is 12.2. The Morgan fingerprint density at radius 2 is 2.15 bits per heavy atom. The van der Waals surface area contributed by atoms with Crippen LogP contribution < -0.4 is 11.3 Å². The van der Waals surface area contributed by atoms with Gasteiger partial charge in [-0.15, -0.1) is 0 Å². The number of ether oxygens (including phenoxy) is 1. The lowest BCUT2D eigenvalue weighted by Gasteiger charge is -2.32. The molecule has 0 aromatic heterocycles. The third-order valence-electron chi connectivity index (χ3n) is 4.94. The van der Waals surface area contributed by atoms with Crippen molar-refractivity contribution in [3.63, 3.8) is 0 Å². The van der Waals surface area contributed by atoms with E-state index in [1.165, 1.54) is 43.2 Å². The predicted octanol–water partition coefficient (Wildman–Crippen LogP) is 2.90. The molecule has 3 unspecified atom stereocenters. The SMILES string of the molecule is NNC(CCC1CCCO1)C1CCCc2ccccc21. The van der Waals surface area contributed by atoms with Crippen LogP contribution in [-0.4, -0.2) is 18.8 Å². The quantitative estimate of drug-likeness (QED) is 0.641. The van der Waals surface area contributed by atoms with Crippen LogP contribution in [0.25, 0.3) is 0 Å². The Morgan fingerprint density at radius 1 is 1.25 bits per heavy atom. The van der Waals surface area contributed by atoms with E-state index < -0.39 is 0 Å². The van der Waals surface area contributed by atoms with Crippen molar-refractivity contribution in [3.8, 4) is 0 Å². The molecule has 110 valence electrons. The minimum atomic E-state index is 0.376. The van der Waals surface area contributed by atoms with E-state index in [0.717, 1.165) is 19.4 Å². The van der Waals surface area contributed by atoms with Gasteiger partial charge in [-0.1, -0.05) is 24.3 Å². The molecule has 3 nitrogen and oxygen atoms in total. The summed E-state index contributed by atoms with van der Waals surface area (Å²) in [6.07, 6.45) is 8.89. The molecular weight excluding hydrogens is 248 g/mol. The van der Waals surface area contributed by atoms with Crippen LogP contribution in [0.5, 0.6) is 0 Å². The van der Waals surface area contributed by atoms with Gasteiger partial charge in [-0.25, -0.2) is 0 Å². The molecule has 3 atom stereocenters. The first kappa shape index (κ1) is 14.1. The molecule has 0 radical (unpaired) electrons. The Hall–Kier alpha value is -0.900. The lowest BCUT2D eigenvalue weighted by Crippen LogP contribution is -2.41. The fourth-order valence-electron chi connectivity index (χ4n) is 3.85. The van der Waals surface area contributed by atoms with Crippen LogP contribution in [0.3, 0.4) is 0 Å². The van der Waals surface area contributed by atoms with Gasteiger partial charge in [0, 0.05) is 18.6 Å². The number of hydrogen-bond donors (Lipinski definition) is 2. The van der Waals surface area contributed by atoms with E-state index in [0.29, 0.717) is 18.1 Å². The van der Waals surface area contributed by atoms with E-state index >= 15 is 0 Å². The number of hydrogen-bond acceptors (Lipinski definition) is 3. The zero-order chi connectivity index (χ0) is 13.8. The third-order valence-corrected chi connectivity index (χ3v) is 4.94. The second-order valence-corrected chi connectivity index (χ2v) is 6.18. The Bertz CT molecular complexity index is 429. The lowest BCUT2D eigenvalue weighted by molar-refractivity contribution is 0.0982. The van der Waals surface area contributed by atoms with Crippen molar-refractivity contribution < 1.29 is 4.74 Å². The molecule has 0 bridgehead atoms. The van der Waals surface area contributed by atoms with Crippen LogP contribution in [-0.2, 0) is 11.2 Å². The predicted molar refractivity (Wildman–Crippen MR) is 81.4 cm³/mol. The van der Waals surface area contributed by atoms with Gasteiger partial charge in [-0.3, -0.25) is 11.3 Å². The fourth-order valence-corrected chi connectivity index (χ4v) is 3.85. The van der Waals surface area contributed by atoms with Gasteiger partial charge in [0.1, 0.15) is 0 Å². The minimum Gasteiger partial charge on any atom is -0.378 e. The molecule has 1 aromatic rings. The van der Waals surface area contributed by atoms with Gasteiger partial charge >= 0.3 is 0 Å². The van der Waals surface area contributed by atoms with Gasteiger partial charge < -0.3 is 4.74 Å². The van der Waals surface area contributed by atoms with Gasteiger partial charge in [0.2, 0.25) is 0 Å². The average Bonchev–Trinajstić information content (AvgIpc) is 3.01. The largest absolute Gasteiger partial charge is 0.378 e. The van der Waals surface area contributed by atoms with Crippen molar-refractivity contribution in [1.29, 1.82) is 0 Å². The average molecular weight is 274 g/mol. The van der Waals surface area contributed by atoms with Crippen LogP contribution in [0.15, 0.2) is 24.3 Å². The molecule has 3 heteroatoms. The molecule has 1 saturated heterocycles. The van der Waals surface area contributed by atoms with E-state index in [1.807, 2.05) is 0 Å². The molecule has 1 heterocycles. The highest BCUT2D eigenvalue weighted by Crippen LogP contribution is 2.35. The van der Waals surface area contributed by atoms with E-state index in [-0.39, 0.29) is 0 Å². The summed E-state index contributed by atoms with van der Waals surface area (Å²) in [6, 6.07) is 9.24. The van der Waals surface area contributed by atoms with Crippen LogP contribution in [0.2, 0.25) is 0 Å². The molecular formula is C17H26N2O. The van der Waals surface area contributed by atoms with E-state index in [9.17, 15) is 0 Å². The highest BCUT2D eigenvalue weighted by Gasteiger charge is 2.28. The number of fused-ring (bicyclic) bond motifs is 1. The molecule has 0 amide bonds. The molecule has 2 aliphatic rings. The number of rotatable bonds is 5. The summed E-state index contributed by atoms with van der Waals surface area (Å²) in [5, 5.41) is 0. The maximum absolute atomic E-state index is 5.85. The summed E-state index contributed by atoms with van der Waals surface area (Å²) in [6.45, 7) is 0.942. The minimum absolute atomic E-state index is 0.376. The van der Waals surface area contributed by atoms with Crippen LogP contribution in [0.4, 0.5) is 0 Å². The number of nitrogens with two attached hydrogens (primary N) is 1. The van der Waals surface area contributed by atoms with E-state index in [2.05, 4.69) is 29.7 Å². The van der Waals surface area contributed by atoms with Crippen molar-refractivity contribution in [2.24, 2.45) is 5.84 Å². The Labute approximate surface area is 121 Å². The normalized spacial score (nSPS) is 27.2. The standard InChI is InChI=1S/C17H26N2O/c18-19-17(11-10-14-7-4-12-20-14)16-9-3-6-13-5-1-2-8-15(13)16/h1-2,5,8,14,16-17,19H,3-4,6-7,9-12,18H2. The summed E-state index contributed by atoms with van der Waals surface area (Å²) in [5.74, 6) is 6.42. The monoisotopic (exact) mass is 274 g/mol. The van der Waals surface area contributed by atoms with E-state index in [4.69, 9.17) is 10.6 Å². The molecule has 0 spiro atoms. The smallest absolute Gasteiger partial charge is 0.0576 e. The van der Waals surface area contributed by atoms with Gasteiger partial charge in [-0.05, 0) is 56.1 Å². The topological polar surface area (TPSA) is 47.3 Å². The summed E-state index contributed by atoms with van der Waals surface area (Å²) in [4.78, 5) is 0. The van der Waals surface area contributed by atoms with Crippen molar-refractivity contribution in [2.45, 2.75) is 63.0 Å². The molecule has 1 aliphatic carbocycles. The van der Waals surface area contributed by atoms with Crippen LogP contribution in [0.1, 0.15) is 55.6 Å². The molecule has 3 N–H and O–H groups in total. The van der Waals surface area contributed by atoms with Crippen molar-refractivity contribution >= 4 is 0 Å². The van der Waals surface area contributed by atoms with Gasteiger partial charge in [0.05, 0.1) is 6.10 Å². The molecule has 20 heavy (non-hydrogen) atoms. The second-order valence-electron chi connectivity index (χ2n) is 6.18. The Morgan fingerprint density at radius 3 is 2.95 bits per heavy atom.